The number of likely N-dealkylation sites (tertiary alicyclic amines) is 1. The lowest BCUT2D eigenvalue weighted by molar-refractivity contribution is -0.0485. The molecule has 2 aliphatic rings. The molecule has 5 heteroatoms. The van der Waals surface area contributed by atoms with E-state index in [-0.39, 0.29) is 18.2 Å². The predicted molar refractivity (Wildman–Crippen MR) is 78.0 cm³/mol. The highest BCUT2D eigenvalue weighted by molar-refractivity contribution is 5.98. The van der Waals surface area contributed by atoms with E-state index >= 15 is 0 Å². The number of hydrogen-bond donors (Lipinski definition) is 0. The smallest absolute Gasteiger partial charge is 0.231 e. The highest BCUT2D eigenvalue weighted by Crippen LogP contribution is 2.32. The fraction of sp³-hybridized carbons (Fsp3) is 0.562. The monoisotopic (exact) mass is 291 g/mol. The largest absolute Gasteiger partial charge is 0.454 e. The summed E-state index contributed by atoms with van der Waals surface area (Å²) in [6, 6.07) is 5.37. The summed E-state index contributed by atoms with van der Waals surface area (Å²) in [4.78, 5) is 14.6. The van der Waals surface area contributed by atoms with Crippen LogP contribution in [0.25, 0.3) is 0 Å². The van der Waals surface area contributed by atoms with Gasteiger partial charge in [-0.05, 0) is 44.5 Å². The van der Waals surface area contributed by atoms with Gasteiger partial charge in [-0.2, -0.15) is 0 Å². The number of piperidine rings is 1. The van der Waals surface area contributed by atoms with Crippen LogP contribution in [0.3, 0.4) is 0 Å². The van der Waals surface area contributed by atoms with Gasteiger partial charge in [-0.1, -0.05) is 0 Å². The van der Waals surface area contributed by atoms with Gasteiger partial charge in [-0.15, -0.1) is 0 Å². The highest BCUT2D eigenvalue weighted by atomic mass is 16.7. The quantitative estimate of drug-likeness (QED) is 0.795. The molecule has 1 saturated heterocycles. The number of carbonyl (C=O) groups is 1. The van der Waals surface area contributed by atoms with Gasteiger partial charge in [0.15, 0.2) is 17.3 Å². The fourth-order valence-electron chi connectivity index (χ4n) is 2.97. The third-order valence-corrected chi connectivity index (χ3v) is 4.29. The van der Waals surface area contributed by atoms with Crippen LogP contribution in [-0.2, 0) is 4.74 Å². The summed E-state index contributed by atoms with van der Waals surface area (Å²) in [5, 5.41) is 0. The average Bonchev–Trinajstić information content (AvgIpc) is 2.94. The molecule has 0 aliphatic carbocycles. The third-order valence-electron chi connectivity index (χ3n) is 4.29. The third kappa shape index (κ3) is 3.04. The molecule has 1 unspecified atom stereocenters. The van der Waals surface area contributed by atoms with E-state index in [1.807, 2.05) is 0 Å². The van der Waals surface area contributed by atoms with Crippen LogP contribution in [0, 0.1) is 0 Å². The zero-order chi connectivity index (χ0) is 14.9. The zero-order valence-corrected chi connectivity index (χ0v) is 12.6. The van der Waals surface area contributed by atoms with Crippen LogP contribution >= 0.6 is 0 Å². The fourth-order valence-corrected chi connectivity index (χ4v) is 2.97. The Morgan fingerprint density at radius 3 is 3.00 bits per heavy atom. The van der Waals surface area contributed by atoms with Gasteiger partial charge in [0.05, 0.1) is 12.1 Å². The lowest BCUT2D eigenvalue weighted by atomic mass is 9.94. The van der Waals surface area contributed by atoms with Gasteiger partial charge in [0.2, 0.25) is 6.79 Å². The second kappa shape index (κ2) is 5.66. The lowest BCUT2D eigenvalue weighted by Gasteiger charge is -2.39. The maximum Gasteiger partial charge on any atom is 0.231 e. The molecule has 2 aliphatic heterocycles. The molecule has 0 bridgehead atoms. The van der Waals surface area contributed by atoms with E-state index in [4.69, 9.17) is 14.2 Å². The summed E-state index contributed by atoms with van der Waals surface area (Å²) in [7, 11) is 1.74. The Bertz CT molecular complexity index is 545. The van der Waals surface area contributed by atoms with E-state index < -0.39 is 0 Å². The Morgan fingerprint density at radius 1 is 1.38 bits per heavy atom. The molecule has 0 radical (unpaired) electrons. The van der Waals surface area contributed by atoms with Crippen molar-refractivity contribution in [2.24, 2.45) is 0 Å². The molecule has 0 N–H and O–H groups in total. The Kier molecular flexibility index (Phi) is 3.87. The van der Waals surface area contributed by atoms with E-state index in [9.17, 15) is 4.79 Å². The van der Waals surface area contributed by atoms with Gasteiger partial charge >= 0.3 is 0 Å². The van der Waals surface area contributed by atoms with Crippen molar-refractivity contribution < 1.29 is 19.0 Å². The number of ketones is 1. The molecule has 1 aromatic carbocycles. The summed E-state index contributed by atoms with van der Waals surface area (Å²) in [5.74, 6) is 1.46. The Balaban J connectivity index is 1.66. The van der Waals surface area contributed by atoms with Crippen LogP contribution < -0.4 is 9.47 Å². The maximum atomic E-state index is 12.4. The Labute approximate surface area is 124 Å². The molecule has 0 amide bonds. The second-order valence-corrected chi connectivity index (χ2v) is 5.96. The first-order valence-electron chi connectivity index (χ1n) is 7.30. The molecular formula is C16H21NO4. The molecule has 0 spiro atoms. The number of rotatable bonds is 4. The van der Waals surface area contributed by atoms with Crippen molar-refractivity contribution in [3.05, 3.63) is 23.8 Å². The number of Topliss-reactive ketones (excluding diaryl/α,β-unsaturated/α-hetero) is 1. The average molecular weight is 291 g/mol. The van der Waals surface area contributed by atoms with Gasteiger partial charge in [-0.3, -0.25) is 9.69 Å². The topological polar surface area (TPSA) is 48.0 Å². The van der Waals surface area contributed by atoms with E-state index in [0.29, 0.717) is 23.6 Å². The normalized spacial score (nSPS) is 25.0. The highest BCUT2D eigenvalue weighted by Gasteiger charge is 2.31. The molecule has 2 heterocycles. The first-order valence-corrected chi connectivity index (χ1v) is 7.30. The molecule has 3 rings (SSSR count). The number of ether oxygens (including phenoxy) is 3. The predicted octanol–water partition coefficient (Wildman–Crippen LogP) is 2.10. The van der Waals surface area contributed by atoms with Gasteiger partial charge in [0.1, 0.15) is 0 Å². The first-order chi connectivity index (χ1) is 10.1. The van der Waals surface area contributed by atoms with Crippen LogP contribution in [0.1, 0.15) is 30.1 Å². The number of hydrogen-bond acceptors (Lipinski definition) is 5. The molecule has 1 atom stereocenters. The number of benzene rings is 1. The van der Waals surface area contributed by atoms with E-state index in [0.717, 1.165) is 25.9 Å². The van der Waals surface area contributed by atoms with E-state index in [1.54, 1.807) is 25.3 Å². The minimum Gasteiger partial charge on any atom is -0.454 e. The SMILES string of the molecule is COC1(C)CCCN(CC(=O)c2ccc3c(c2)OCO3)C1. The maximum absolute atomic E-state index is 12.4. The van der Waals surface area contributed by atoms with Crippen LogP contribution in [0.4, 0.5) is 0 Å². The van der Waals surface area contributed by atoms with Crippen molar-refractivity contribution in [2.75, 3.05) is 33.5 Å². The summed E-state index contributed by atoms with van der Waals surface area (Å²) < 4.78 is 16.2. The molecule has 21 heavy (non-hydrogen) atoms. The van der Waals surface area contributed by atoms with Gasteiger partial charge in [0.25, 0.3) is 0 Å². The Hall–Kier alpha value is -1.59. The van der Waals surface area contributed by atoms with Crippen molar-refractivity contribution in [3.8, 4) is 11.5 Å². The van der Waals surface area contributed by atoms with Crippen molar-refractivity contribution in [1.29, 1.82) is 0 Å². The lowest BCUT2D eigenvalue weighted by Crippen LogP contribution is -2.48. The van der Waals surface area contributed by atoms with Crippen LogP contribution in [-0.4, -0.2) is 49.8 Å². The molecule has 114 valence electrons. The van der Waals surface area contributed by atoms with Gasteiger partial charge in [0, 0.05) is 19.2 Å². The van der Waals surface area contributed by atoms with Crippen molar-refractivity contribution in [2.45, 2.75) is 25.4 Å². The second-order valence-electron chi connectivity index (χ2n) is 5.96. The number of fused-ring (bicyclic) bond motifs is 1. The minimum atomic E-state index is -0.145. The standard InChI is InChI=1S/C16H21NO4/c1-16(19-2)6-3-7-17(10-16)9-13(18)12-4-5-14-15(8-12)21-11-20-14/h4-5,8H,3,6-7,9-11H2,1-2H3. The first kappa shape index (κ1) is 14.4. The summed E-state index contributed by atoms with van der Waals surface area (Å²) in [6.07, 6.45) is 2.09. The summed E-state index contributed by atoms with van der Waals surface area (Å²) in [5.41, 5.74) is 0.525. The van der Waals surface area contributed by atoms with Crippen molar-refractivity contribution in [1.82, 2.24) is 4.90 Å². The molecular weight excluding hydrogens is 270 g/mol. The van der Waals surface area contributed by atoms with Crippen molar-refractivity contribution >= 4 is 5.78 Å². The van der Waals surface area contributed by atoms with Crippen LogP contribution in [0.5, 0.6) is 11.5 Å². The molecule has 0 saturated carbocycles. The van der Waals surface area contributed by atoms with E-state index in [1.165, 1.54) is 0 Å². The van der Waals surface area contributed by atoms with Gasteiger partial charge < -0.3 is 14.2 Å². The molecule has 5 nitrogen and oxygen atoms in total. The Morgan fingerprint density at radius 2 is 2.19 bits per heavy atom. The molecule has 0 aromatic heterocycles. The molecule has 1 fully saturated rings. The molecule has 1 aromatic rings. The van der Waals surface area contributed by atoms with Crippen LogP contribution in [0.2, 0.25) is 0 Å². The number of nitrogens with zero attached hydrogens (tertiary/aromatic N) is 1. The van der Waals surface area contributed by atoms with E-state index in [2.05, 4.69) is 11.8 Å². The zero-order valence-electron chi connectivity index (χ0n) is 12.6. The minimum absolute atomic E-state index is 0.105. The van der Waals surface area contributed by atoms with Crippen LogP contribution in [0.15, 0.2) is 18.2 Å². The van der Waals surface area contributed by atoms with Gasteiger partial charge in [-0.25, -0.2) is 0 Å². The number of methoxy groups -OCH3 is 1. The van der Waals surface area contributed by atoms with Crippen molar-refractivity contribution in [3.63, 3.8) is 0 Å². The number of carbonyl (C=O) groups excluding carboxylic acids is 1. The summed E-state index contributed by atoms with van der Waals surface area (Å²) in [6.45, 7) is 4.48. The summed E-state index contributed by atoms with van der Waals surface area (Å²) >= 11 is 0.